The van der Waals surface area contributed by atoms with Crippen LogP contribution in [0.5, 0.6) is 5.75 Å². The Morgan fingerprint density at radius 3 is 2.57 bits per heavy atom. The molecule has 0 radical (unpaired) electrons. The first kappa shape index (κ1) is 20.2. The summed E-state index contributed by atoms with van der Waals surface area (Å²) in [7, 11) is 4.00. The summed E-state index contributed by atoms with van der Waals surface area (Å²) in [6.07, 6.45) is 0.806. The third-order valence-electron chi connectivity index (χ3n) is 4.21. The molecule has 0 N–H and O–H groups in total. The van der Waals surface area contributed by atoms with Crippen molar-refractivity contribution in [3.05, 3.63) is 53.8 Å². The van der Waals surface area contributed by atoms with Crippen molar-refractivity contribution in [3.63, 3.8) is 0 Å². The smallest absolute Gasteiger partial charge is 0.260 e. The van der Waals surface area contributed by atoms with Crippen molar-refractivity contribution in [2.75, 3.05) is 38.7 Å². The topological polar surface area (TPSA) is 45.7 Å². The van der Waals surface area contributed by atoms with Gasteiger partial charge >= 0.3 is 0 Å². The zero-order chi connectivity index (χ0) is 20.1. The molecule has 0 spiro atoms. The van der Waals surface area contributed by atoms with Crippen LogP contribution in [0.1, 0.15) is 23.7 Å². The minimum atomic E-state index is -0.306. The van der Waals surface area contributed by atoms with Crippen LogP contribution in [0.4, 0.5) is 9.52 Å². The second-order valence-corrected chi connectivity index (χ2v) is 7.69. The summed E-state index contributed by atoms with van der Waals surface area (Å²) in [6, 6.07) is 11.6. The summed E-state index contributed by atoms with van der Waals surface area (Å²) in [5.74, 6) is 0.301. The quantitative estimate of drug-likeness (QED) is 0.560. The van der Waals surface area contributed by atoms with Crippen molar-refractivity contribution in [3.8, 4) is 5.75 Å². The molecule has 0 saturated carbocycles. The number of carbonyl (C=O) groups excluding carboxylic acids is 1. The van der Waals surface area contributed by atoms with Crippen LogP contribution in [-0.2, 0) is 0 Å². The fourth-order valence-electron chi connectivity index (χ4n) is 2.85. The average Bonchev–Trinajstić information content (AvgIpc) is 3.08. The number of ether oxygens (including phenoxy) is 1. The molecule has 0 atom stereocenters. The Morgan fingerprint density at radius 1 is 1.14 bits per heavy atom. The van der Waals surface area contributed by atoms with E-state index >= 15 is 0 Å². The highest BCUT2D eigenvalue weighted by Crippen LogP contribution is 2.30. The first-order valence-corrected chi connectivity index (χ1v) is 10.0. The first-order valence-electron chi connectivity index (χ1n) is 9.23. The molecular weight excluding hydrogens is 377 g/mol. The number of anilines is 1. The molecule has 0 unspecified atom stereocenters. The van der Waals surface area contributed by atoms with E-state index in [1.807, 2.05) is 21.0 Å². The van der Waals surface area contributed by atoms with Crippen LogP contribution in [0.3, 0.4) is 0 Å². The number of carbonyl (C=O) groups is 1. The normalized spacial score (nSPS) is 11.2. The van der Waals surface area contributed by atoms with Crippen molar-refractivity contribution in [2.24, 2.45) is 0 Å². The molecule has 2 aromatic carbocycles. The van der Waals surface area contributed by atoms with Crippen LogP contribution in [0.25, 0.3) is 10.2 Å². The SMILES string of the molecule is CCOc1ccc(C(=O)N(CCCN(C)C)c2nc3ccc(F)cc3s2)cc1. The number of thiazole rings is 1. The molecule has 5 nitrogen and oxygen atoms in total. The third-order valence-corrected chi connectivity index (χ3v) is 5.26. The lowest BCUT2D eigenvalue weighted by molar-refractivity contribution is 0.0986. The van der Waals surface area contributed by atoms with Crippen LogP contribution in [0.15, 0.2) is 42.5 Å². The third kappa shape index (κ3) is 4.85. The molecule has 3 aromatic rings. The van der Waals surface area contributed by atoms with Crippen molar-refractivity contribution in [1.82, 2.24) is 9.88 Å². The summed E-state index contributed by atoms with van der Waals surface area (Å²) >= 11 is 1.33. The van der Waals surface area contributed by atoms with Gasteiger partial charge in [-0.05, 0) is 76.4 Å². The first-order chi connectivity index (χ1) is 13.5. The van der Waals surface area contributed by atoms with Gasteiger partial charge in [0.2, 0.25) is 0 Å². The number of hydrogen-bond donors (Lipinski definition) is 0. The summed E-state index contributed by atoms with van der Waals surface area (Å²) in [5.41, 5.74) is 1.26. The number of benzene rings is 2. The molecule has 7 heteroatoms. The second-order valence-electron chi connectivity index (χ2n) is 6.68. The Balaban J connectivity index is 1.89. The minimum absolute atomic E-state index is 0.124. The number of rotatable bonds is 8. The van der Waals surface area contributed by atoms with Gasteiger partial charge in [0.25, 0.3) is 5.91 Å². The Labute approximate surface area is 168 Å². The molecule has 3 rings (SSSR count). The number of aromatic nitrogens is 1. The van der Waals surface area contributed by atoms with Crippen LogP contribution < -0.4 is 9.64 Å². The van der Waals surface area contributed by atoms with Gasteiger partial charge < -0.3 is 9.64 Å². The lowest BCUT2D eigenvalue weighted by Gasteiger charge is -2.21. The maximum absolute atomic E-state index is 13.5. The van der Waals surface area contributed by atoms with Gasteiger partial charge in [-0.2, -0.15) is 0 Å². The van der Waals surface area contributed by atoms with Gasteiger partial charge in [0, 0.05) is 12.1 Å². The number of hydrogen-bond acceptors (Lipinski definition) is 5. The minimum Gasteiger partial charge on any atom is -0.494 e. The van der Waals surface area contributed by atoms with E-state index in [1.54, 1.807) is 35.2 Å². The molecule has 0 aliphatic rings. The summed E-state index contributed by atoms with van der Waals surface area (Å²) in [6.45, 7) is 3.88. The summed E-state index contributed by atoms with van der Waals surface area (Å²) in [4.78, 5) is 21.5. The van der Waals surface area contributed by atoms with Crippen LogP contribution in [0.2, 0.25) is 0 Å². The van der Waals surface area contributed by atoms with E-state index < -0.39 is 0 Å². The number of nitrogens with zero attached hydrogens (tertiary/aromatic N) is 3. The Kier molecular flexibility index (Phi) is 6.59. The Bertz CT molecular complexity index is 940. The molecule has 28 heavy (non-hydrogen) atoms. The van der Waals surface area contributed by atoms with Gasteiger partial charge in [0.05, 0.1) is 16.8 Å². The molecular formula is C21H24FN3O2S. The lowest BCUT2D eigenvalue weighted by atomic mass is 10.2. The fourth-order valence-corrected chi connectivity index (χ4v) is 3.86. The highest BCUT2D eigenvalue weighted by molar-refractivity contribution is 7.22. The van der Waals surface area contributed by atoms with E-state index in [1.165, 1.54) is 23.5 Å². The predicted molar refractivity (Wildman–Crippen MR) is 112 cm³/mol. The van der Waals surface area contributed by atoms with Crippen LogP contribution in [-0.4, -0.2) is 49.6 Å². The molecule has 1 heterocycles. The van der Waals surface area contributed by atoms with Gasteiger partial charge in [0.1, 0.15) is 11.6 Å². The standard InChI is InChI=1S/C21H24FN3O2S/c1-4-27-17-9-6-15(7-10-17)20(26)25(13-5-12-24(2)3)21-23-18-11-8-16(22)14-19(18)28-21/h6-11,14H,4-5,12-13H2,1-3H3. The van der Waals surface area contributed by atoms with Crippen molar-refractivity contribution in [1.29, 1.82) is 0 Å². The van der Waals surface area contributed by atoms with Crippen LogP contribution in [0, 0.1) is 5.82 Å². The summed E-state index contributed by atoms with van der Waals surface area (Å²) < 4.78 is 19.7. The van der Waals surface area contributed by atoms with E-state index in [-0.39, 0.29) is 11.7 Å². The van der Waals surface area contributed by atoms with Gasteiger partial charge in [-0.3, -0.25) is 9.69 Å². The molecule has 0 saturated heterocycles. The monoisotopic (exact) mass is 401 g/mol. The van der Waals surface area contributed by atoms with E-state index in [0.29, 0.717) is 29.4 Å². The van der Waals surface area contributed by atoms with Crippen molar-refractivity contribution < 1.29 is 13.9 Å². The molecule has 0 aliphatic carbocycles. The average molecular weight is 402 g/mol. The van der Waals surface area contributed by atoms with Gasteiger partial charge in [-0.15, -0.1) is 0 Å². The van der Waals surface area contributed by atoms with Crippen molar-refractivity contribution in [2.45, 2.75) is 13.3 Å². The molecule has 0 bridgehead atoms. The predicted octanol–water partition coefficient (Wildman–Crippen LogP) is 4.43. The zero-order valence-electron chi connectivity index (χ0n) is 16.3. The second kappa shape index (κ2) is 9.12. The van der Waals surface area contributed by atoms with Crippen molar-refractivity contribution >= 4 is 32.6 Å². The highest BCUT2D eigenvalue weighted by atomic mass is 32.1. The fraction of sp³-hybridized carbons (Fsp3) is 0.333. The van der Waals surface area contributed by atoms with E-state index in [9.17, 15) is 9.18 Å². The molecule has 1 amide bonds. The zero-order valence-corrected chi connectivity index (χ0v) is 17.1. The maximum atomic E-state index is 13.5. The molecule has 148 valence electrons. The van der Waals surface area contributed by atoms with Gasteiger partial charge in [-0.1, -0.05) is 11.3 Å². The summed E-state index contributed by atoms with van der Waals surface area (Å²) in [5, 5.41) is 0.582. The van der Waals surface area contributed by atoms with E-state index in [4.69, 9.17) is 4.74 Å². The molecule has 1 aromatic heterocycles. The number of fused-ring (bicyclic) bond motifs is 1. The van der Waals surface area contributed by atoms with Gasteiger partial charge in [-0.25, -0.2) is 9.37 Å². The Morgan fingerprint density at radius 2 is 1.89 bits per heavy atom. The molecule has 0 fully saturated rings. The molecule has 0 aliphatic heterocycles. The van der Waals surface area contributed by atoms with Crippen LogP contribution >= 0.6 is 11.3 Å². The number of halogens is 1. The highest BCUT2D eigenvalue weighted by Gasteiger charge is 2.21. The largest absolute Gasteiger partial charge is 0.494 e. The van der Waals surface area contributed by atoms with Gasteiger partial charge in [0.15, 0.2) is 5.13 Å². The van der Waals surface area contributed by atoms with E-state index in [0.717, 1.165) is 23.4 Å². The number of amides is 1. The lowest BCUT2D eigenvalue weighted by Crippen LogP contribution is -2.33. The van der Waals surface area contributed by atoms with E-state index in [2.05, 4.69) is 9.88 Å². The Hall–Kier alpha value is -2.51. The maximum Gasteiger partial charge on any atom is 0.260 e.